The quantitative estimate of drug-likeness (QED) is 0.112. The SMILES string of the molecule is C[N+]1=C(/C=C/C=C/C=C/C=C2\N(CCCCCC(=O)O)c3cc(I)cc(I)c3C2(C)C)C(C)(C)c2c(I)cc(I)cc21. The van der Waals surface area contributed by atoms with Crippen LogP contribution in [0.3, 0.4) is 0 Å². The molecule has 8 heteroatoms. The number of fused-ring (bicyclic) bond motifs is 2. The van der Waals surface area contributed by atoms with Crippen LogP contribution < -0.4 is 4.90 Å². The highest BCUT2D eigenvalue weighted by molar-refractivity contribution is 14.1. The Morgan fingerprint density at radius 2 is 1.45 bits per heavy atom. The van der Waals surface area contributed by atoms with Crippen LogP contribution in [-0.2, 0) is 15.6 Å². The number of hydrogen-bond acceptors (Lipinski definition) is 2. The third-order valence-corrected chi connectivity index (χ3v) is 11.1. The first-order valence-corrected chi connectivity index (χ1v) is 18.4. The topological polar surface area (TPSA) is 43.5 Å². The van der Waals surface area contributed by atoms with E-state index < -0.39 is 5.97 Å². The molecule has 0 saturated carbocycles. The minimum absolute atomic E-state index is 0.0506. The summed E-state index contributed by atoms with van der Waals surface area (Å²) < 4.78 is 7.42. The Labute approximate surface area is 305 Å². The summed E-state index contributed by atoms with van der Waals surface area (Å²) in [6.07, 6.45) is 17.9. The van der Waals surface area contributed by atoms with Gasteiger partial charge in [0.25, 0.3) is 0 Å². The smallest absolute Gasteiger partial charge is 0.303 e. The molecule has 0 radical (unpaired) electrons. The predicted octanol–water partition coefficient (Wildman–Crippen LogP) is 10.1. The lowest BCUT2D eigenvalue weighted by Gasteiger charge is -2.27. The zero-order chi connectivity index (χ0) is 30.8. The summed E-state index contributed by atoms with van der Waals surface area (Å²) in [5.41, 5.74) is 7.75. The van der Waals surface area contributed by atoms with Crippen LogP contribution in [0, 0.1) is 14.3 Å². The van der Waals surface area contributed by atoms with Crippen LogP contribution in [0.15, 0.2) is 72.5 Å². The molecule has 42 heavy (non-hydrogen) atoms. The number of carbonyl (C=O) groups is 1. The lowest BCUT2D eigenvalue weighted by Crippen LogP contribution is -2.27. The number of benzene rings is 2. The van der Waals surface area contributed by atoms with Gasteiger partial charge in [-0.2, -0.15) is 4.58 Å². The predicted molar refractivity (Wildman–Crippen MR) is 210 cm³/mol. The maximum absolute atomic E-state index is 10.9. The van der Waals surface area contributed by atoms with Crippen LogP contribution >= 0.6 is 90.4 Å². The Balaban J connectivity index is 1.51. The Bertz CT molecular complexity index is 1550. The van der Waals surface area contributed by atoms with Gasteiger partial charge in [-0.25, -0.2) is 0 Å². The third kappa shape index (κ3) is 7.21. The Morgan fingerprint density at radius 3 is 2.14 bits per heavy atom. The highest BCUT2D eigenvalue weighted by atomic mass is 127. The van der Waals surface area contributed by atoms with Gasteiger partial charge in [-0.15, -0.1) is 0 Å². The number of aliphatic carboxylic acids is 1. The Morgan fingerprint density at radius 1 is 0.833 bits per heavy atom. The Hall–Kier alpha value is -0.740. The van der Waals surface area contributed by atoms with Crippen molar-refractivity contribution >= 4 is 113 Å². The Kier molecular flexibility index (Phi) is 11.5. The fraction of sp³-hybridized carbons (Fsp3) is 0.353. The summed E-state index contributed by atoms with van der Waals surface area (Å²) in [7, 11) is 2.16. The van der Waals surface area contributed by atoms with Crippen molar-refractivity contribution in [3.8, 4) is 0 Å². The normalized spacial score (nSPS) is 18.3. The van der Waals surface area contributed by atoms with Crippen LogP contribution in [0.1, 0.15) is 64.5 Å². The second-order valence-corrected chi connectivity index (χ2v) is 16.6. The molecule has 2 aliphatic heterocycles. The van der Waals surface area contributed by atoms with E-state index in [1.54, 1.807) is 0 Å². The molecule has 4 rings (SSSR count). The van der Waals surface area contributed by atoms with Gasteiger partial charge in [0.2, 0.25) is 5.69 Å². The molecule has 1 N–H and O–H groups in total. The first kappa shape index (κ1) is 34.1. The average Bonchev–Trinajstić information content (AvgIpc) is 3.20. The van der Waals surface area contributed by atoms with Crippen LogP contribution in [0.25, 0.3) is 0 Å². The number of rotatable bonds is 10. The number of unbranched alkanes of at least 4 members (excludes halogenated alkanes) is 2. The molecule has 222 valence electrons. The minimum atomic E-state index is -0.715. The molecule has 0 spiro atoms. The molecule has 2 aromatic carbocycles. The maximum Gasteiger partial charge on any atom is 0.303 e. The van der Waals surface area contributed by atoms with E-state index in [1.807, 2.05) is 0 Å². The van der Waals surface area contributed by atoms with Crippen molar-refractivity contribution in [2.75, 3.05) is 18.5 Å². The molecular weight excluding hydrogens is 976 g/mol. The van der Waals surface area contributed by atoms with Crippen molar-refractivity contribution in [2.45, 2.75) is 64.2 Å². The second kappa shape index (κ2) is 14.1. The summed E-state index contributed by atoms with van der Waals surface area (Å²) >= 11 is 9.75. The molecule has 0 saturated heterocycles. The average molecular weight is 1010 g/mol. The molecule has 2 aliphatic rings. The zero-order valence-corrected chi connectivity index (χ0v) is 33.3. The van der Waals surface area contributed by atoms with Crippen molar-refractivity contribution in [1.82, 2.24) is 0 Å². The van der Waals surface area contributed by atoms with Crippen molar-refractivity contribution in [3.63, 3.8) is 0 Å². The van der Waals surface area contributed by atoms with Gasteiger partial charge >= 0.3 is 5.97 Å². The largest absolute Gasteiger partial charge is 0.481 e. The summed E-state index contributed by atoms with van der Waals surface area (Å²) in [6.45, 7) is 10.1. The number of anilines is 1. The molecule has 0 unspecified atom stereocenters. The monoisotopic (exact) mass is 1010 g/mol. The fourth-order valence-electron chi connectivity index (χ4n) is 6.18. The zero-order valence-electron chi connectivity index (χ0n) is 24.6. The van der Waals surface area contributed by atoms with E-state index in [1.165, 1.54) is 48.2 Å². The number of halogens is 4. The van der Waals surface area contributed by atoms with E-state index in [4.69, 9.17) is 5.11 Å². The van der Waals surface area contributed by atoms with Crippen molar-refractivity contribution < 1.29 is 14.5 Å². The summed E-state index contributed by atoms with van der Waals surface area (Å²) in [6, 6.07) is 9.07. The molecule has 0 fully saturated rings. The van der Waals surface area contributed by atoms with Gasteiger partial charge in [-0.05, 0) is 141 Å². The van der Waals surface area contributed by atoms with E-state index in [0.29, 0.717) is 0 Å². The molecule has 2 heterocycles. The van der Waals surface area contributed by atoms with Gasteiger partial charge in [0.1, 0.15) is 7.05 Å². The van der Waals surface area contributed by atoms with E-state index in [2.05, 4.69) is 201 Å². The first-order chi connectivity index (χ1) is 19.8. The molecule has 0 aromatic heterocycles. The third-order valence-electron chi connectivity index (χ3n) is 8.13. The lowest BCUT2D eigenvalue weighted by molar-refractivity contribution is -0.401. The van der Waals surface area contributed by atoms with Crippen LogP contribution in [0.4, 0.5) is 11.4 Å². The fourth-order valence-corrected chi connectivity index (χ4v) is 11.2. The van der Waals surface area contributed by atoms with E-state index >= 15 is 0 Å². The van der Waals surface area contributed by atoms with Crippen molar-refractivity contribution in [3.05, 3.63) is 97.9 Å². The maximum atomic E-state index is 10.9. The molecule has 2 aromatic rings. The minimum Gasteiger partial charge on any atom is -0.481 e. The van der Waals surface area contributed by atoms with Crippen molar-refractivity contribution in [1.29, 1.82) is 0 Å². The second-order valence-electron chi connectivity index (χ2n) is 11.8. The van der Waals surface area contributed by atoms with Gasteiger partial charge in [0.15, 0.2) is 5.71 Å². The van der Waals surface area contributed by atoms with Gasteiger partial charge < -0.3 is 10.0 Å². The van der Waals surface area contributed by atoms with Crippen LogP contribution in [-0.4, -0.2) is 35.0 Å². The number of carboxylic acids is 1. The summed E-state index contributed by atoms with van der Waals surface area (Å²) in [5, 5.41) is 9.00. The molecular formula is C34H37I4N2O2+. The highest BCUT2D eigenvalue weighted by Crippen LogP contribution is 2.50. The molecule has 0 amide bonds. The van der Waals surface area contributed by atoms with E-state index in [-0.39, 0.29) is 17.3 Å². The number of hydrogen-bond donors (Lipinski definition) is 1. The standard InChI is InChI=1S/C34H36I4N2O2/c1-33(2)28(39(5)26-20-22(35)18-24(37)31(26)33)14-10-7-6-8-11-15-29-34(3,4)32-25(38)19-23(36)21-27(32)40(29)17-13-9-12-16-30(41)42/h6-8,10-11,14-15,18-21H,9,12-13,16-17H2,1-5H3/p+1. The summed E-state index contributed by atoms with van der Waals surface area (Å²) in [5.74, 6) is -0.715. The van der Waals surface area contributed by atoms with Gasteiger partial charge in [-0.1, -0.05) is 50.6 Å². The number of allylic oxidation sites excluding steroid dienone is 8. The number of nitrogens with zero attached hydrogens (tertiary/aromatic N) is 2. The van der Waals surface area contributed by atoms with Gasteiger partial charge in [-0.3, -0.25) is 4.79 Å². The number of carboxylic acid groups (broad SMARTS) is 1. The van der Waals surface area contributed by atoms with Crippen LogP contribution in [0.5, 0.6) is 0 Å². The van der Waals surface area contributed by atoms with Crippen LogP contribution in [0.2, 0.25) is 0 Å². The first-order valence-electron chi connectivity index (χ1n) is 14.1. The van der Waals surface area contributed by atoms with Gasteiger partial charge in [0, 0.05) is 61.8 Å². The lowest BCUT2D eigenvalue weighted by atomic mass is 9.81. The molecule has 0 bridgehead atoms. The van der Waals surface area contributed by atoms with Crippen molar-refractivity contribution in [2.24, 2.45) is 0 Å². The molecule has 4 nitrogen and oxygen atoms in total. The summed E-state index contributed by atoms with van der Waals surface area (Å²) in [4.78, 5) is 13.4. The van der Waals surface area contributed by atoms with E-state index in [9.17, 15) is 4.79 Å². The van der Waals surface area contributed by atoms with Gasteiger partial charge in [0.05, 0.1) is 11.0 Å². The highest BCUT2D eigenvalue weighted by Gasteiger charge is 2.44. The van der Waals surface area contributed by atoms with E-state index in [0.717, 1.165) is 25.8 Å². The molecule has 0 atom stereocenters. The molecule has 0 aliphatic carbocycles.